The molecule has 0 spiro atoms. The Hall–Kier alpha value is -1.80. The summed E-state index contributed by atoms with van der Waals surface area (Å²) in [6.07, 6.45) is 0. The first-order valence-corrected chi connectivity index (χ1v) is 7.56. The van der Waals surface area contributed by atoms with Gasteiger partial charge in [0.2, 0.25) is 0 Å². The summed E-state index contributed by atoms with van der Waals surface area (Å²) in [6.45, 7) is 10.0. The van der Waals surface area contributed by atoms with E-state index in [1.807, 2.05) is 0 Å². The average Bonchev–Trinajstić information content (AvgIpc) is 2.47. The molecule has 0 unspecified atom stereocenters. The van der Waals surface area contributed by atoms with E-state index in [0.717, 1.165) is 12.3 Å². The van der Waals surface area contributed by atoms with Crippen LogP contribution in [0.25, 0.3) is 0 Å². The molecule has 0 aliphatic rings. The molecule has 0 bridgehead atoms. The van der Waals surface area contributed by atoms with Crippen molar-refractivity contribution < 1.29 is 4.74 Å². The zero-order valence-corrected chi connectivity index (χ0v) is 13.4. The van der Waals surface area contributed by atoms with E-state index in [0.29, 0.717) is 12.6 Å². The van der Waals surface area contributed by atoms with Crippen molar-refractivity contribution in [2.24, 2.45) is 0 Å². The van der Waals surface area contributed by atoms with Crippen LogP contribution in [0.4, 0.5) is 0 Å². The van der Waals surface area contributed by atoms with Crippen LogP contribution in [0, 0.1) is 13.8 Å². The largest absolute Gasteiger partial charge is 0.489 e. The number of nitrogens with one attached hydrogen (secondary N) is 1. The zero-order chi connectivity index (χ0) is 15.2. The first-order valence-electron chi connectivity index (χ1n) is 7.56. The van der Waals surface area contributed by atoms with E-state index in [9.17, 15) is 0 Å². The van der Waals surface area contributed by atoms with Crippen LogP contribution < -0.4 is 10.1 Å². The summed E-state index contributed by atoms with van der Waals surface area (Å²) in [6, 6.07) is 15.4. The SMILES string of the molecule is Cc1ccc(C)c(OCc2ccc(CNC(C)C)cc2)c1. The summed E-state index contributed by atoms with van der Waals surface area (Å²) < 4.78 is 5.93. The zero-order valence-electron chi connectivity index (χ0n) is 13.4. The molecule has 2 nitrogen and oxygen atoms in total. The minimum atomic E-state index is 0.511. The highest BCUT2D eigenvalue weighted by molar-refractivity contribution is 5.36. The van der Waals surface area contributed by atoms with Gasteiger partial charge >= 0.3 is 0 Å². The summed E-state index contributed by atoms with van der Waals surface area (Å²) in [5.74, 6) is 0.973. The van der Waals surface area contributed by atoms with Crippen LogP contribution >= 0.6 is 0 Å². The van der Waals surface area contributed by atoms with Crippen LogP contribution in [0.1, 0.15) is 36.1 Å². The molecule has 0 aliphatic heterocycles. The number of rotatable bonds is 6. The molecule has 0 saturated carbocycles. The number of aryl methyl sites for hydroxylation is 2. The number of hydrogen-bond acceptors (Lipinski definition) is 2. The normalized spacial score (nSPS) is 10.9. The summed E-state index contributed by atoms with van der Waals surface area (Å²) in [5, 5.41) is 3.42. The van der Waals surface area contributed by atoms with Gasteiger partial charge in [-0.2, -0.15) is 0 Å². The Bertz CT molecular complexity index is 573. The van der Waals surface area contributed by atoms with Crippen LogP contribution in [-0.2, 0) is 13.2 Å². The molecule has 0 heterocycles. The van der Waals surface area contributed by atoms with Gasteiger partial charge in [0.05, 0.1) is 0 Å². The third-order valence-electron chi connectivity index (χ3n) is 3.48. The molecule has 2 heteroatoms. The Morgan fingerprint density at radius 1 is 0.952 bits per heavy atom. The van der Waals surface area contributed by atoms with Gasteiger partial charge in [-0.1, -0.05) is 50.2 Å². The predicted molar refractivity (Wildman–Crippen MR) is 88.7 cm³/mol. The molecule has 2 aromatic rings. The quantitative estimate of drug-likeness (QED) is 0.849. The Kier molecular flexibility index (Phi) is 5.40. The van der Waals surface area contributed by atoms with E-state index in [1.165, 1.54) is 22.3 Å². The van der Waals surface area contributed by atoms with Gasteiger partial charge in [-0.25, -0.2) is 0 Å². The van der Waals surface area contributed by atoms with Crippen molar-refractivity contribution in [3.05, 3.63) is 64.7 Å². The van der Waals surface area contributed by atoms with E-state index in [2.05, 4.69) is 75.5 Å². The maximum Gasteiger partial charge on any atom is 0.122 e. The average molecular weight is 283 g/mol. The fourth-order valence-corrected chi connectivity index (χ4v) is 2.10. The molecular formula is C19H25NO. The van der Waals surface area contributed by atoms with Gasteiger partial charge in [-0.3, -0.25) is 0 Å². The molecule has 0 amide bonds. The van der Waals surface area contributed by atoms with Gasteiger partial charge in [0.25, 0.3) is 0 Å². The third-order valence-corrected chi connectivity index (χ3v) is 3.48. The molecular weight excluding hydrogens is 258 g/mol. The minimum Gasteiger partial charge on any atom is -0.489 e. The van der Waals surface area contributed by atoms with Gasteiger partial charge in [0.1, 0.15) is 12.4 Å². The molecule has 0 atom stereocenters. The lowest BCUT2D eigenvalue weighted by Crippen LogP contribution is -2.21. The van der Waals surface area contributed by atoms with E-state index in [-0.39, 0.29) is 0 Å². The van der Waals surface area contributed by atoms with Gasteiger partial charge in [0.15, 0.2) is 0 Å². The van der Waals surface area contributed by atoms with Crippen molar-refractivity contribution in [3.63, 3.8) is 0 Å². The van der Waals surface area contributed by atoms with Crippen LogP contribution in [-0.4, -0.2) is 6.04 Å². The molecule has 112 valence electrons. The summed E-state index contributed by atoms with van der Waals surface area (Å²) in [5.41, 5.74) is 4.91. The Morgan fingerprint density at radius 3 is 2.29 bits per heavy atom. The lowest BCUT2D eigenvalue weighted by molar-refractivity contribution is 0.304. The summed E-state index contributed by atoms with van der Waals surface area (Å²) in [7, 11) is 0. The van der Waals surface area contributed by atoms with Crippen molar-refractivity contribution in [3.8, 4) is 5.75 Å². The first-order chi connectivity index (χ1) is 10.0. The van der Waals surface area contributed by atoms with Crippen molar-refractivity contribution in [1.29, 1.82) is 0 Å². The van der Waals surface area contributed by atoms with E-state index in [4.69, 9.17) is 4.74 Å². The molecule has 2 rings (SSSR count). The Morgan fingerprint density at radius 2 is 1.62 bits per heavy atom. The monoisotopic (exact) mass is 283 g/mol. The lowest BCUT2D eigenvalue weighted by Gasteiger charge is -2.11. The van der Waals surface area contributed by atoms with Crippen molar-refractivity contribution in [2.75, 3.05) is 0 Å². The molecule has 0 saturated heterocycles. The van der Waals surface area contributed by atoms with E-state index < -0.39 is 0 Å². The Balaban J connectivity index is 1.93. The van der Waals surface area contributed by atoms with Crippen LogP contribution in [0.2, 0.25) is 0 Å². The third kappa shape index (κ3) is 4.91. The maximum atomic E-state index is 5.93. The smallest absolute Gasteiger partial charge is 0.122 e. The van der Waals surface area contributed by atoms with Crippen LogP contribution in [0.3, 0.4) is 0 Å². The molecule has 2 aromatic carbocycles. The van der Waals surface area contributed by atoms with Crippen molar-refractivity contribution >= 4 is 0 Å². The number of benzene rings is 2. The summed E-state index contributed by atoms with van der Waals surface area (Å²) >= 11 is 0. The van der Waals surface area contributed by atoms with E-state index in [1.54, 1.807) is 0 Å². The van der Waals surface area contributed by atoms with Gasteiger partial charge in [-0.05, 0) is 42.2 Å². The second-order valence-electron chi connectivity index (χ2n) is 5.91. The van der Waals surface area contributed by atoms with Gasteiger partial charge in [0, 0.05) is 12.6 Å². The predicted octanol–water partition coefficient (Wildman–Crippen LogP) is 4.38. The molecule has 1 N–H and O–H groups in total. The van der Waals surface area contributed by atoms with Crippen molar-refractivity contribution in [2.45, 2.75) is 46.9 Å². The van der Waals surface area contributed by atoms with E-state index >= 15 is 0 Å². The fraction of sp³-hybridized carbons (Fsp3) is 0.368. The Labute approximate surface area is 128 Å². The first kappa shape index (κ1) is 15.6. The molecule has 0 fully saturated rings. The van der Waals surface area contributed by atoms with Gasteiger partial charge < -0.3 is 10.1 Å². The molecule has 0 aromatic heterocycles. The second-order valence-corrected chi connectivity index (χ2v) is 5.91. The molecule has 0 radical (unpaired) electrons. The molecule has 21 heavy (non-hydrogen) atoms. The van der Waals surface area contributed by atoms with Crippen molar-refractivity contribution in [1.82, 2.24) is 5.32 Å². The lowest BCUT2D eigenvalue weighted by atomic mass is 10.1. The van der Waals surface area contributed by atoms with Crippen LogP contribution in [0.15, 0.2) is 42.5 Å². The highest BCUT2D eigenvalue weighted by atomic mass is 16.5. The molecule has 0 aliphatic carbocycles. The standard InChI is InChI=1S/C19H25NO/c1-14(2)20-12-17-7-9-18(10-8-17)13-21-19-11-15(3)5-6-16(19)4/h5-11,14,20H,12-13H2,1-4H3. The topological polar surface area (TPSA) is 21.3 Å². The second kappa shape index (κ2) is 7.28. The highest BCUT2D eigenvalue weighted by Crippen LogP contribution is 2.20. The van der Waals surface area contributed by atoms with Gasteiger partial charge in [-0.15, -0.1) is 0 Å². The maximum absolute atomic E-state index is 5.93. The van der Waals surface area contributed by atoms with Crippen LogP contribution in [0.5, 0.6) is 5.75 Å². The summed E-state index contributed by atoms with van der Waals surface area (Å²) in [4.78, 5) is 0. The highest BCUT2D eigenvalue weighted by Gasteiger charge is 2.01. The minimum absolute atomic E-state index is 0.511. The number of ether oxygens (including phenoxy) is 1. The fourth-order valence-electron chi connectivity index (χ4n) is 2.10. The number of hydrogen-bond donors (Lipinski definition) is 1.